The van der Waals surface area contributed by atoms with Crippen LogP contribution in [0.25, 0.3) is 28.7 Å². The zero-order chi connectivity index (χ0) is 18.1. The van der Waals surface area contributed by atoms with Gasteiger partial charge in [0.1, 0.15) is 0 Å². The number of hydrogen-bond acceptors (Lipinski definition) is 5. The van der Waals surface area contributed by atoms with Gasteiger partial charge in [-0.1, -0.05) is 65.3 Å². The Labute approximate surface area is 151 Å². The Morgan fingerprint density at radius 3 is 2.54 bits per heavy atom. The van der Waals surface area contributed by atoms with Crippen LogP contribution >= 0.6 is 0 Å². The number of aryl methyl sites for hydroxylation is 2. The summed E-state index contributed by atoms with van der Waals surface area (Å²) in [4.78, 5) is 4.50. The lowest BCUT2D eigenvalue weighted by molar-refractivity contribution is 0.430. The summed E-state index contributed by atoms with van der Waals surface area (Å²) in [5.74, 6) is 0.918. The van der Waals surface area contributed by atoms with Crippen molar-refractivity contribution in [1.29, 1.82) is 0 Å². The summed E-state index contributed by atoms with van der Waals surface area (Å²) in [6.45, 7) is 6.12. The molecule has 0 saturated heterocycles. The number of rotatable bonds is 4. The van der Waals surface area contributed by atoms with Crippen LogP contribution in [0.3, 0.4) is 0 Å². The highest BCUT2D eigenvalue weighted by molar-refractivity contribution is 5.59. The van der Waals surface area contributed by atoms with Gasteiger partial charge in [-0.25, -0.2) is 4.68 Å². The minimum Gasteiger partial charge on any atom is -0.332 e. The summed E-state index contributed by atoms with van der Waals surface area (Å²) in [6.07, 6.45) is 0.920. The van der Waals surface area contributed by atoms with E-state index in [0.29, 0.717) is 17.4 Å². The second kappa shape index (κ2) is 6.55. The highest BCUT2D eigenvalue weighted by Gasteiger charge is 2.19. The SMILES string of the molecule is CCc1ccccc1-n1nnc(-c2nc(-c3ccc(C)cc3)no2)c1C. The minimum absolute atomic E-state index is 0.373. The molecule has 26 heavy (non-hydrogen) atoms. The zero-order valence-electron chi connectivity index (χ0n) is 15.0. The van der Waals surface area contributed by atoms with Gasteiger partial charge < -0.3 is 4.52 Å². The predicted octanol–water partition coefficient (Wildman–Crippen LogP) is 4.16. The van der Waals surface area contributed by atoms with Crippen molar-refractivity contribution in [3.63, 3.8) is 0 Å². The third-order valence-electron chi connectivity index (χ3n) is 4.43. The van der Waals surface area contributed by atoms with Crippen molar-refractivity contribution < 1.29 is 4.52 Å². The first kappa shape index (κ1) is 16.2. The Bertz CT molecular complexity index is 1050. The smallest absolute Gasteiger partial charge is 0.280 e. The number of aromatic nitrogens is 5. The summed E-state index contributed by atoms with van der Waals surface area (Å²) < 4.78 is 7.27. The van der Waals surface area contributed by atoms with Crippen LogP contribution in [0.4, 0.5) is 0 Å². The van der Waals surface area contributed by atoms with Crippen LogP contribution in [-0.2, 0) is 6.42 Å². The van der Waals surface area contributed by atoms with Gasteiger partial charge in [0.25, 0.3) is 5.89 Å². The van der Waals surface area contributed by atoms with E-state index in [-0.39, 0.29) is 0 Å². The topological polar surface area (TPSA) is 69.6 Å². The maximum Gasteiger partial charge on any atom is 0.280 e. The first-order valence-corrected chi connectivity index (χ1v) is 8.59. The lowest BCUT2D eigenvalue weighted by atomic mass is 10.1. The molecule has 0 atom stereocenters. The molecule has 0 aliphatic carbocycles. The fourth-order valence-corrected chi connectivity index (χ4v) is 2.91. The van der Waals surface area contributed by atoms with E-state index < -0.39 is 0 Å². The summed E-state index contributed by atoms with van der Waals surface area (Å²) in [5.41, 5.74) is 5.78. The fraction of sp³-hybridized carbons (Fsp3) is 0.200. The van der Waals surface area contributed by atoms with Crippen LogP contribution in [0, 0.1) is 13.8 Å². The quantitative estimate of drug-likeness (QED) is 0.555. The van der Waals surface area contributed by atoms with E-state index in [4.69, 9.17) is 4.52 Å². The summed E-state index contributed by atoms with van der Waals surface area (Å²) in [5, 5.41) is 12.7. The second-order valence-corrected chi connectivity index (χ2v) is 6.21. The Morgan fingerprint density at radius 1 is 1.00 bits per heavy atom. The molecule has 6 nitrogen and oxygen atoms in total. The molecule has 2 aromatic heterocycles. The molecular weight excluding hydrogens is 326 g/mol. The Hall–Kier alpha value is -3.28. The maximum atomic E-state index is 5.45. The van der Waals surface area contributed by atoms with Gasteiger partial charge in [0.15, 0.2) is 5.69 Å². The van der Waals surface area contributed by atoms with Crippen molar-refractivity contribution in [1.82, 2.24) is 25.1 Å². The van der Waals surface area contributed by atoms with Gasteiger partial charge in [-0.15, -0.1) is 5.10 Å². The van der Waals surface area contributed by atoms with Crippen molar-refractivity contribution in [3.05, 3.63) is 65.4 Å². The first-order valence-electron chi connectivity index (χ1n) is 8.59. The van der Waals surface area contributed by atoms with Gasteiger partial charge in [0.05, 0.1) is 11.4 Å². The molecule has 0 spiro atoms. The molecule has 0 aliphatic heterocycles. The third-order valence-corrected chi connectivity index (χ3v) is 4.43. The van der Waals surface area contributed by atoms with Crippen LogP contribution in [0.15, 0.2) is 53.1 Å². The monoisotopic (exact) mass is 345 g/mol. The Morgan fingerprint density at radius 2 is 1.77 bits per heavy atom. The zero-order valence-corrected chi connectivity index (χ0v) is 15.0. The van der Waals surface area contributed by atoms with Crippen molar-refractivity contribution in [3.8, 4) is 28.7 Å². The molecule has 6 heteroatoms. The third kappa shape index (κ3) is 2.79. The number of para-hydroxylation sites is 1. The van der Waals surface area contributed by atoms with E-state index in [1.54, 1.807) is 0 Å². The van der Waals surface area contributed by atoms with Crippen molar-refractivity contribution in [2.45, 2.75) is 27.2 Å². The van der Waals surface area contributed by atoms with E-state index in [1.165, 1.54) is 11.1 Å². The van der Waals surface area contributed by atoms with Gasteiger partial charge in [0.2, 0.25) is 5.82 Å². The molecule has 0 unspecified atom stereocenters. The van der Waals surface area contributed by atoms with E-state index in [2.05, 4.69) is 33.4 Å². The van der Waals surface area contributed by atoms with Crippen LogP contribution in [0.2, 0.25) is 0 Å². The molecule has 0 N–H and O–H groups in total. The predicted molar refractivity (Wildman–Crippen MR) is 98.9 cm³/mol. The molecule has 0 aliphatic rings. The summed E-state index contributed by atoms with van der Waals surface area (Å²) >= 11 is 0. The molecule has 4 rings (SSSR count). The molecular formula is C20H19N5O. The average Bonchev–Trinajstić information content (AvgIpc) is 3.29. The normalized spacial score (nSPS) is 11.0. The molecule has 0 amide bonds. The molecule has 0 bridgehead atoms. The van der Waals surface area contributed by atoms with Gasteiger partial charge in [-0.05, 0) is 31.9 Å². The highest BCUT2D eigenvalue weighted by atomic mass is 16.5. The lowest BCUT2D eigenvalue weighted by Gasteiger charge is -2.08. The van der Waals surface area contributed by atoms with Crippen molar-refractivity contribution in [2.75, 3.05) is 0 Å². The molecule has 4 aromatic rings. The van der Waals surface area contributed by atoms with Gasteiger partial charge in [-0.2, -0.15) is 4.98 Å². The van der Waals surface area contributed by atoms with E-state index in [1.807, 2.05) is 61.0 Å². The van der Waals surface area contributed by atoms with Crippen molar-refractivity contribution in [2.24, 2.45) is 0 Å². The van der Waals surface area contributed by atoms with Gasteiger partial charge in [-0.3, -0.25) is 0 Å². The Kier molecular flexibility index (Phi) is 4.08. The molecule has 130 valence electrons. The molecule has 0 radical (unpaired) electrons. The van der Waals surface area contributed by atoms with Crippen molar-refractivity contribution >= 4 is 0 Å². The standard InChI is InChI=1S/C20H19N5O/c1-4-15-7-5-6-8-17(15)25-14(3)18(22-24-25)20-21-19(23-26-20)16-11-9-13(2)10-12-16/h5-12H,4H2,1-3H3. The second-order valence-electron chi connectivity index (χ2n) is 6.21. The average molecular weight is 345 g/mol. The van der Waals surface area contributed by atoms with E-state index in [0.717, 1.165) is 23.4 Å². The van der Waals surface area contributed by atoms with Crippen LogP contribution < -0.4 is 0 Å². The first-order chi connectivity index (χ1) is 12.7. The van der Waals surface area contributed by atoms with Gasteiger partial charge in [0, 0.05) is 5.56 Å². The summed E-state index contributed by atoms with van der Waals surface area (Å²) in [6, 6.07) is 16.2. The highest BCUT2D eigenvalue weighted by Crippen LogP contribution is 2.25. The van der Waals surface area contributed by atoms with Crippen LogP contribution in [0.5, 0.6) is 0 Å². The number of nitrogens with zero attached hydrogens (tertiary/aromatic N) is 5. The lowest BCUT2D eigenvalue weighted by Crippen LogP contribution is -2.02. The van der Waals surface area contributed by atoms with Crippen LogP contribution in [0.1, 0.15) is 23.7 Å². The summed E-state index contributed by atoms with van der Waals surface area (Å²) in [7, 11) is 0. The van der Waals surface area contributed by atoms with Gasteiger partial charge >= 0.3 is 0 Å². The molecule has 2 aromatic carbocycles. The number of hydrogen-bond donors (Lipinski definition) is 0. The Balaban J connectivity index is 1.72. The van der Waals surface area contributed by atoms with Crippen LogP contribution in [-0.4, -0.2) is 25.1 Å². The van der Waals surface area contributed by atoms with E-state index in [9.17, 15) is 0 Å². The molecule has 0 fully saturated rings. The maximum absolute atomic E-state index is 5.45. The number of benzene rings is 2. The fourth-order valence-electron chi connectivity index (χ4n) is 2.91. The minimum atomic E-state index is 0.373. The van der Waals surface area contributed by atoms with E-state index >= 15 is 0 Å². The molecule has 2 heterocycles. The largest absolute Gasteiger partial charge is 0.332 e. The molecule has 0 saturated carbocycles.